The van der Waals surface area contributed by atoms with Crippen LogP contribution in [0.5, 0.6) is 0 Å². The summed E-state index contributed by atoms with van der Waals surface area (Å²) in [6.07, 6.45) is 5.74. The highest BCUT2D eigenvalue weighted by molar-refractivity contribution is 5.78. The van der Waals surface area contributed by atoms with E-state index in [1.54, 1.807) is 13.0 Å². The van der Waals surface area contributed by atoms with Gasteiger partial charge in [0.15, 0.2) is 0 Å². The first-order chi connectivity index (χ1) is 6.08. The lowest BCUT2D eigenvalue weighted by Crippen LogP contribution is -1.99. The zero-order valence-corrected chi connectivity index (χ0v) is 8.21. The Morgan fingerprint density at radius 3 is 2.85 bits per heavy atom. The van der Waals surface area contributed by atoms with Gasteiger partial charge in [-0.3, -0.25) is 4.79 Å². The van der Waals surface area contributed by atoms with Crippen molar-refractivity contribution in [2.45, 2.75) is 33.1 Å². The Bertz CT molecular complexity index is 261. The third-order valence-electron chi connectivity index (χ3n) is 2.16. The molecule has 0 amide bonds. The second-order valence-corrected chi connectivity index (χ2v) is 3.88. The first kappa shape index (κ1) is 10.0. The van der Waals surface area contributed by atoms with E-state index in [-0.39, 0.29) is 5.78 Å². The topological polar surface area (TPSA) is 37.3 Å². The van der Waals surface area contributed by atoms with Gasteiger partial charge in [0.25, 0.3) is 0 Å². The maximum Gasteiger partial charge on any atom is 0.133 e. The van der Waals surface area contributed by atoms with Crippen LogP contribution in [0.4, 0.5) is 0 Å². The Morgan fingerprint density at radius 2 is 2.23 bits per heavy atom. The molecule has 0 spiro atoms. The predicted molar refractivity (Wildman–Crippen MR) is 52.5 cm³/mol. The lowest BCUT2D eigenvalue weighted by atomic mass is 9.97. The van der Waals surface area contributed by atoms with Crippen LogP contribution >= 0.6 is 0 Å². The van der Waals surface area contributed by atoms with Gasteiger partial charge >= 0.3 is 0 Å². The lowest BCUT2D eigenvalue weighted by molar-refractivity contribution is -0.116. The van der Waals surface area contributed by atoms with Gasteiger partial charge in [0, 0.05) is 12.8 Å². The fraction of sp³-hybridized carbons (Fsp3) is 0.545. The van der Waals surface area contributed by atoms with Crippen LogP contribution in [-0.2, 0) is 4.79 Å². The number of carbonyl (C=O) groups excluding carboxylic acids is 1. The van der Waals surface area contributed by atoms with E-state index in [4.69, 9.17) is 0 Å². The molecule has 0 radical (unpaired) electrons. The van der Waals surface area contributed by atoms with Crippen LogP contribution in [0.1, 0.15) is 33.1 Å². The minimum Gasteiger partial charge on any atom is -0.512 e. The fourth-order valence-corrected chi connectivity index (χ4v) is 1.68. The molecule has 0 saturated heterocycles. The predicted octanol–water partition coefficient (Wildman–Crippen LogP) is 2.76. The average Bonchev–Trinajstić information content (AvgIpc) is 2.11. The van der Waals surface area contributed by atoms with Crippen molar-refractivity contribution < 1.29 is 9.90 Å². The summed E-state index contributed by atoms with van der Waals surface area (Å²) in [5, 5.41) is 9.34. The summed E-state index contributed by atoms with van der Waals surface area (Å²) in [4.78, 5) is 10.9. The molecular formula is C11H16O2. The second-order valence-electron chi connectivity index (χ2n) is 3.88. The van der Waals surface area contributed by atoms with Gasteiger partial charge in [0.1, 0.15) is 5.78 Å². The van der Waals surface area contributed by atoms with Crippen LogP contribution < -0.4 is 0 Å². The van der Waals surface area contributed by atoms with Crippen LogP contribution in [0.3, 0.4) is 0 Å². The Kier molecular flexibility index (Phi) is 3.29. The standard InChI is InChI=1S/C11H16O2/c1-8-5-10(7-9(2)12)3-4-11(13)6-8/h3-4,8,13H,5-7H2,1-2H3. The third kappa shape index (κ3) is 3.45. The first-order valence-electron chi connectivity index (χ1n) is 4.65. The van der Waals surface area contributed by atoms with Crippen molar-refractivity contribution in [3.8, 4) is 0 Å². The van der Waals surface area contributed by atoms with Crippen molar-refractivity contribution in [3.05, 3.63) is 23.5 Å². The highest BCUT2D eigenvalue weighted by Crippen LogP contribution is 2.24. The van der Waals surface area contributed by atoms with E-state index in [9.17, 15) is 9.90 Å². The quantitative estimate of drug-likeness (QED) is 0.709. The third-order valence-corrected chi connectivity index (χ3v) is 2.16. The summed E-state index contributed by atoms with van der Waals surface area (Å²) in [5.41, 5.74) is 1.13. The summed E-state index contributed by atoms with van der Waals surface area (Å²) in [5.74, 6) is 1.05. The van der Waals surface area contributed by atoms with Gasteiger partial charge in [-0.25, -0.2) is 0 Å². The highest BCUT2D eigenvalue weighted by Gasteiger charge is 2.12. The Balaban J connectivity index is 2.68. The van der Waals surface area contributed by atoms with Crippen LogP contribution in [0.15, 0.2) is 23.5 Å². The van der Waals surface area contributed by atoms with Gasteiger partial charge in [-0.05, 0) is 25.3 Å². The van der Waals surface area contributed by atoms with Crippen molar-refractivity contribution in [1.29, 1.82) is 0 Å². The number of Topliss-reactive ketones (excluding diaryl/α,β-unsaturated/α-hetero) is 1. The average molecular weight is 180 g/mol. The molecule has 0 heterocycles. The molecule has 0 aromatic heterocycles. The molecule has 0 bridgehead atoms. The summed E-state index contributed by atoms with van der Waals surface area (Å²) in [7, 11) is 0. The van der Waals surface area contributed by atoms with Gasteiger partial charge in [0.05, 0.1) is 5.76 Å². The molecule has 1 rings (SSSR count). The fourth-order valence-electron chi connectivity index (χ4n) is 1.68. The number of rotatable bonds is 2. The lowest BCUT2D eigenvalue weighted by Gasteiger charge is -2.09. The van der Waals surface area contributed by atoms with Crippen LogP contribution in [0.25, 0.3) is 0 Å². The minimum atomic E-state index is 0.188. The summed E-state index contributed by atoms with van der Waals surface area (Å²) in [6, 6.07) is 0. The van der Waals surface area contributed by atoms with Crippen LogP contribution in [0.2, 0.25) is 0 Å². The summed E-state index contributed by atoms with van der Waals surface area (Å²) in [6.45, 7) is 3.68. The molecule has 0 fully saturated rings. The SMILES string of the molecule is CC(=O)CC1=CC=C(O)CC(C)C1. The Hall–Kier alpha value is -1.05. The molecule has 1 aliphatic rings. The van der Waals surface area contributed by atoms with Crippen molar-refractivity contribution in [1.82, 2.24) is 0 Å². The first-order valence-corrected chi connectivity index (χ1v) is 4.65. The van der Waals surface area contributed by atoms with E-state index >= 15 is 0 Å². The van der Waals surface area contributed by atoms with E-state index in [1.807, 2.05) is 6.08 Å². The van der Waals surface area contributed by atoms with E-state index in [0.717, 1.165) is 18.4 Å². The molecule has 1 unspecified atom stereocenters. The van der Waals surface area contributed by atoms with Crippen LogP contribution in [0, 0.1) is 5.92 Å². The second kappa shape index (κ2) is 4.26. The molecule has 1 N–H and O–H groups in total. The van der Waals surface area contributed by atoms with Crippen LogP contribution in [-0.4, -0.2) is 10.9 Å². The smallest absolute Gasteiger partial charge is 0.133 e. The number of ketones is 1. The normalized spacial score (nSPS) is 23.1. The van der Waals surface area contributed by atoms with Gasteiger partial charge in [0.2, 0.25) is 0 Å². The monoisotopic (exact) mass is 180 g/mol. The van der Waals surface area contributed by atoms with Gasteiger partial charge in [-0.2, -0.15) is 0 Å². The van der Waals surface area contributed by atoms with Crippen molar-refractivity contribution in [2.24, 2.45) is 5.92 Å². The van der Waals surface area contributed by atoms with Crippen molar-refractivity contribution in [2.75, 3.05) is 0 Å². The molecular weight excluding hydrogens is 164 g/mol. The van der Waals surface area contributed by atoms with E-state index in [1.165, 1.54) is 0 Å². The molecule has 13 heavy (non-hydrogen) atoms. The largest absolute Gasteiger partial charge is 0.512 e. The van der Waals surface area contributed by atoms with Crippen molar-refractivity contribution >= 4 is 5.78 Å². The van der Waals surface area contributed by atoms with E-state index < -0.39 is 0 Å². The molecule has 2 nitrogen and oxygen atoms in total. The molecule has 0 aliphatic heterocycles. The number of hydrogen-bond donors (Lipinski definition) is 1. The molecule has 2 heteroatoms. The number of carbonyl (C=O) groups is 1. The minimum absolute atomic E-state index is 0.188. The van der Waals surface area contributed by atoms with Gasteiger partial charge in [-0.15, -0.1) is 0 Å². The van der Waals surface area contributed by atoms with Gasteiger partial charge in [-0.1, -0.05) is 18.6 Å². The molecule has 1 aliphatic carbocycles. The highest BCUT2D eigenvalue weighted by atomic mass is 16.3. The zero-order chi connectivity index (χ0) is 9.84. The van der Waals surface area contributed by atoms with E-state index in [0.29, 0.717) is 18.1 Å². The Morgan fingerprint density at radius 1 is 1.54 bits per heavy atom. The number of hydrogen-bond acceptors (Lipinski definition) is 2. The number of aliphatic hydroxyl groups is 1. The molecule has 0 aromatic carbocycles. The maximum atomic E-state index is 10.9. The molecule has 0 saturated carbocycles. The van der Waals surface area contributed by atoms with E-state index in [2.05, 4.69) is 6.92 Å². The zero-order valence-electron chi connectivity index (χ0n) is 8.21. The molecule has 0 aromatic rings. The number of aliphatic hydroxyl groups excluding tert-OH is 1. The summed E-state index contributed by atoms with van der Waals surface area (Å²) >= 11 is 0. The molecule has 72 valence electrons. The Labute approximate surface area is 79.0 Å². The molecule has 1 atom stereocenters. The number of allylic oxidation sites excluding steroid dienone is 4. The maximum absolute atomic E-state index is 10.9. The summed E-state index contributed by atoms with van der Waals surface area (Å²) < 4.78 is 0. The van der Waals surface area contributed by atoms with Gasteiger partial charge < -0.3 is 5.11 Å². The van der Waals surface area contributed by atoms with Crippen molar-refractivity contribution in [3.63, 3.8) is 0 Å².